The van der Waals surface area contributed by atoms with Gasteiger partial charge in [0.05, 0.1) is 25.6 Å². The summed E-state index contributed by atoms with van der Waals surface area (Å²) in [5.74, 6) is -0.101. The van der Waals surface area contributed by atoms with Crippen LogP contribution in [0.25, 0.3) is 0 Å². The van der Waals surface area contributed by atoms with Gasteiger partial charge in [0.1, 0.15) is 10.6 Å². The molecule has 1 aliphatic rings. The minimum Gasteiger partial charge on any atom is -0.495 e. The van der Waals surface area contributed by atoms with E-state index >= 15 is 0 Å². The van der Waals surface area contributed by atoms with Gasteiger partial charge in [-0.25, -0.2) is 21.6 Å². The first kappa shape index (κ1) is 20.1. The van der Waals surface area contributed by atoms with E-state index in [2.05, 4.69) is 4.72 Å². The molecule has 1 atom stereocenters. The third kappa shape index (κ3) is 5.14. The molecule has 1 aromatic rings. The fourth-order valence-corrected chi connectivity index (χ4v) is 5.37. The minimum absolute atomic E-state index is 0.00704. The zero-order chi connectivity index (χ0) is 18.7. The minimum atomic E-state index is -3.87. The number of methoxy groups -OCH3 is 1. The second kappa shape index (κ2) is 8.00. The van der Waals surface area contributed by atoms with Crippen LogP contribution in [0.2, 0.25) is 0 Å². The van der Waals surface area contributed by atoms with E-state index in [9.17, 15) is 16.8 Å². The zero-order valence-corrected chi connectivity index (χ0v) is 16.2. The number of nitrogens with one attached hydrogen (secondary N) is 1. The van der Waals surface area contributed by atoms with Crippen molar-refractivity contribution in [2.24, 2.45) is 0 Å². The fraction of sp³-hybridized carbons (Fsp3) is 0.600. The largest absolute Gasteiger partial charge is 0.495 e. The van der Waals surface area contributed by atoms with Gasteiger partial charge in [-0.1, -0.05) is 6.07 Å². The lowest BCUT2D eigenvalue weighted by molar-refractivity contribution is 0.0102. The summed E-state index contributed by atoms with van der Waals surface area (Å²) in [6.07, 6.45) is -0.170. The van der Waals surface area contributed by atoms with Gasteiger partial charge in [0.2, 0.25) is 20.0 Å². The highest BCUT2D eigenvalue weighted by molar-refractivity contribution is 7.90. The quantitative estimate of drug-likeness (QED) is 0.718. The monoisotopic (exact) mass is 392 g/mol. The fourth-order valence-electron chi connectivity index (χ4n) is 2.54. The molecule has 1 unspecified atom stereocenters. The van der Waals surface area contributed by atoms with Crippen LogP contribution in [0.5, 0.6) is 5.75 Å². The normalized spacial score (nSPS) is 19.7. The number of hydrogen-bond donors (Lipinski definition) is 1. The SMILES string of the molecule is COc1ccc(C)cc1S(=O)(=O)NCCS(=O)(=O)N1CCOC(C)C1. The summed E-state index contributed by atoms with van der Waals surface area (Å²) in [6.45, 7) is 4.25. The highest BCUT2D eigenvalue weighted by Gasteiger charge is 2.28. The van der Waals surface area contributed by atoms with Crippen molar-refractivity contribution in [3.8, 4) is 5.75 Å². The van der Waals surface area contributed by atoms with E-state index in [1.54, 1.807) is 26.0 Å². The van der Waals surface area contributed by atoms with E-state index in [0.29, 0.717) is 6.61 Å². The molecule has 2 rings (SSSR count). The molecule has 1 saturated heterocycles. The Morgan fingerprint density at radius 3 is 2.68 bits per heavy atom. The maximum Gasteiger partial charge on any atom is 0.244 e. The lowest BCUT2D eigenvalue weighted by Crippen LogP contribution is -2.46. The summed E-state index contributed by atoms with van der Waals surface area (Å²) in [7, 11) is -6.04. The van der Waals surface area contributed by atoms with E-state index in [0.717, 1.165) is 5.56 Å². The Hall–Kier alpha value is -1.20. The van der Waals surface area contributed by atoms with Crippen molar-refractivity contribution in [2.45, 2.75) is 24.8 Å². The van der Waals surface area contributed by atoms with Gasteiger partial charge in [0.15, 0.2) is 0 Å². The zero-order valence-electron chi connectivity index (χ0n) is 14.6. The molecular formula is C15H24N2O6S2. The van der Waals surface area contributed by atoms with Gasteiger partial charge in [-0.3, -0.25) is 0 Å². The molecule has 0 amide bonds. The number of morpholine rings is 1. The van der Waals surface area contributed by atoms with Gasteiger partial charge in [-0.2, -0.15) is 4.31 Å². The van der Waals surface area contributed by atoms with Gasteiger partial charge in [-0.05, 0) is 31.5 Å². The van der Waals surface area contributed by atoms with Crippen molar-refractivity contribution in [2.75, 3.05) is 39.1 Å². The van der Waals surface area contributed by atoms with E-state index in [4.69, 9.17) is 9.47 Å². The summed E-state index contributed by atoms with van der Waals surface area (Å²) < 4.78 is 63.7. The van der Waals surface area contributed by atoms with E-state index in [1.807, 2.05) is 0 Å². The highest BCUT2D eigenvalue weighted by Crippen LogP contribution is 2.24. The Bertz CT molecular complexity index is 807. The van der Waals surface area contributed by atoms with Crippen molar-refractivity contribution < 1.29 is 26.3 Å². The summed E-state index contributed by atoms with van der Waals surface area (Å²) in [5.41, 5.74) is 0.760. The molecule has 0 bridgehead atoms. The number of nitrogens with zero attached hydrogens (tertiary/aromatic N) is 1. The Kier molecular flexibility index (Phi) is 6.44. The summed E-state index contributed by atoms with van der Waals surface area (Å²) in [4.78, 5) is -0.00704. The second-order valence-corrected chi connectivity index (χ2v) is 9.73. The standard InChI is InChI=1S/C15H24N2O6S2/c1-12-4-5-14(22-3)15(10-12)25(20,21)16-6-9-24(18,19)17-7-8-23-13(2)11-17/h4-5,10,13,16H,6-9,11H2,1-3H3. The summed E-state index contributed by atoms with van der Waals surface area (Å²) in [6, 6.07) is 4.79. The molecule has 1 heterocycles. The lowest BCUT2D eigenvalue weighted by atomic mass is 10.2. The molecule has 142 valence electrons. The Morgan fingerprint density at radius 1 is 1.32 bits per heavy atom. The Balaban J connectivity index is 2.04. The first-order valence-corrected chi connectivity index (χ1v) is 11.0. The first-order valence-electron chi connectivity index (χ1n) is 7.89. The Morgan fingerprint density at radius 2 is 2.04 bits per heavy atom. The molecule has 1 aliphatic heterocycles. The average molecular weight is 392 g/mol. The van der Waals surface area contributed by atoms with E-state index < -0.39 is 20.0 Å². The van der Waals surface area contributed by atoms with Crippen molar-refractivity contribution in [3.63, 3.8) is 0 Å². The number of benzene rings is 1. The maximum absolute atomic E-state index is 12.5. The molecule has 0 saturated carbocycles. The predicted octanol–water partition coefficient (Wildman–Crippen LogP) is 0.332. The molecule has 0 spiro atoms. The van der Waals surface area contributed by atoms with Gasteiger partial charge in [0.25, 0.3) is 0 Å². The molecule has 8 nitrogen and oxygen atoms in total. The molecule has 0 aromatic heterocycles. The second-order valence-electron chi connectivity index (χ2n) is 5.91. The number of hydrogen-bond acceptors (Lipinski definition) is 6. The van der Waals surface area contributed by atoms with Gasteiger partial charge in [-0.15, -0.1) is 0 Å². The number of rotatable bonds is 7. The van der Waals surface area contributed by atoms with Crippen molar-refractivity contribution in [1.29, 1.82) is 0 Å². The number of ether oxygens (including phenoxy) is 2. The van der Waals surface area contributed by atoms with E-state index in [1.165, 1.54) is 17.5 Å². The first-order chi connectivity index (χ1) is 11.7. The average Bonchev–Trinajstić information content (AvgIpc) is 2.54. The van der Waals surface area contributed by atoms with Crippen LogP contribution in [0, 0.1) is 6.92 Å². The van der Waals surface area contributed by atoms with Gasteiger partial charge in [0, 0.05) is 19.6 Å². The van der Waals surface area contributed by atoms with Gasteiger partial charge < -0.3 is 9.47 Å². The number of sulfonamides is 2. The third-order valence-corrected chi connectivity index (χ3v) is 7.18. The lowest BCUT2D eigenvalue weighted by Gasteiger charge is -2.30. The molecule has 1 N–H and O–H groups in total. The molecule has 0 radical (unpaired) electrons. The van der Waals surface area contributed by atoms with Crippen LogP contribution in [0.1, 0.15) is 12.5 Å². The van der Waals surface area contributed by atoms with Crippen LogP contribution in [-0.4, -0.2) is 66.3 Å². The van der Waals surface area contributed by atoms with Crippen molar-refractivity contribution in [1.82, 2.24) is 9.03 Å². The maximum atomic E-state index is 12.5. The molecule has 1 aromatic carbocycles. The third-order valence-electron chi connectivity index (χ3n) is 3.86. The molecule has 25 heavy (non-hydrogen) atoms. The topological polar surface area (TPSA) is 102 Å². The van der Waals surface area contributed by atoms with Gasteiger partial charge >= 0.3 is 0 Å². The van der Waals surface area contributed by atoms with Crippen molar-refractivity contribution in [3.05, 3.63) is 23.8 Å². The van der Waals surface area contributed by atoms with Crippen LogP contribution in [0.15, 0.2) is 23.1 Å². The Labute approximate surface area is 149 Å². The molecule has 0 aliphatic carbocycles. The summed E-state index contributed by atoms with van der Waals surface area (Å²) >= 11 is 0. The van der Waals surface area contributed by atoms with Crippen LogP contribution in [-0.2, 0) is 24.8 Å². The highest BCUT2D eigenvalue weighted by atomic mass is 32.2. The number of aryl methyl sites for hydroxylation is 1. The predicted molar refractivity (Wildman–Crippen MR) is 93.7 cm³/mol. The smallest absolute Gasteiger partial charge is 0.244 e. The van der Waals surface area contributed by atoms with E-state index in [-0.39, 0.29) is 42.1 Å². The van der Waals surface area contributed by atoms with Crippen molar-refractivity contribution >= 4 is 20.0 Å². The molecule has 10 heteroatoms. The van der Waals surface area contributed by atoms with Crippen LogP contribution in [0.4, 0.5) is 0 Å². The van der Waals surface area contributed by atoms with Crippen LogP contribution < -0.4 is 9.46 Å². The summed E-state index contributed by atoms with van der Waals surface area (Å²) in [5, 5.41) is 0. The van der Waals surface area contributed by atoms with Crippen LogP contribution >= 0.6 is 0 Å². The molecule has 1 fully saturated rings. The van der Waals surface area contributed by atoms with Crippen LogP contribution in [0.3, 0.4) is 0 Å². The molecular weight excluding hydrogens is 368 g/mol.